The predicted molar refractivity (Wildman–Crippen MR) is 190 cm³/mol. The van der Waals surface area contributed by atoms with Crippen LogP contribution >= 0.6 is 11.3 Å². The van der Waals surface area contributed by atoms with E-state index in [0.29, 0.717) is 0 Å². The molecular formula is C42H24O2S. The quantitative estimate of drug-likeness (QED) is 0.191. The van der Waals surface area contributed by atoms with Crippen molar-refractivity contribution in [3.8, 4) is 32.9 Å². The molecule has 210 valence electrons. The number of furan rings is 2. The van der Waals surface area contributed by atoms with Crippen molar-refractivity contribution in [2.24, 2.45) is 0 Å². The van der Waals surface area contributed by atoms with Crippen LogP contribution in [0.5, 0.6) is 0 Å². The maximum atomic E-state index is 6.78. The molecule has 10 rings (SSSR count). The van der Waals surface area contributed by atoms with Gasteiger partial charge in [0.25, 0.3) is 0 Å². The minimum absolute atomic E-state index is 0.895. The molecule has 0 spiro atoms. The molecule has 2 nitrogen and oxygen atoms in total. The van der Waals surface area contributed by atoms with E-state index in [1.165, 1.54) is 48.3 Å². The van der Waals surface area contributed by atoms with Gasteiger partial charge < -0.3 is 8.83 Å². The van der Waals surface area contributed by atoms with E-state index in [1.807, 2.05) is 6.07 Å². The molecule has 0 atom stereocenters. The Balaban J connectivity index is 1.37. The van der Waals surface area contributed by atoms with Gasteiger partial charge in [-0.05, 0) is 68.4 Å². The molecule has 0 unspecified atom stereocenters. The second-order valence-corrected chi connectivity index (χ2v) is 12.7. The molecule has 0 aliphatic rings. The largest absolute Gasteiger partial charge is 0.456 e. The van der Waals surface area contributed by atoms with Crippen LogP contribution in [-0.4, -0.2) is 0 Å². The van der Waals surface area contributed by atoms with E-state index in [0.717, 1.165) is 49.1 Å². The molecule has 7 aromatic carbocycles. The van der Waals surface area contributed by atoms with E-state index in [4.69, 9.17) is 8.83 Å². The molecule has 0 amide bonds. The smallest absolute Gasteiger partial charge is 0.153 e. The normalized spacial score (nSPS) is 12.0. The lowest BCUT2D eigenvalue weighted by molar-refractivity contribution is 0.634. The fourth-order valence-electron chi connectivity index (χ4n) is 7.23. The minimum atomic E-state index is 0.895. The lowest BCUT2D eigenvalue weighted by Crippen LogP contribution is -1.91. The van der Waals surface area contributed by atoms with Gasteiger partial charge in [-0.25, -0.2) is 0 Å². The highest BCUT2D eigenvalue weighted by molar-refractivity contribution is 7.22. The SMILES string of the molecule is c1ccc2sc(-c3oc4ccccc4c3-c3c4ccccc4c(-c4cccc5oc6ccccc6c45)c4ccccc34)cc2c1. The van der Waals surface area contributed by atoms with Gasteiger partial charge in [-0.1, -0.05) is 115 Å². The van der Waals surface area contributed by atoms with E-state index < -0.39 is 0 Å². The Labute approximate surface area is 262 Å². The summed E-state index contributed by atoms with van der Waals surface area (Å²) in [4.78, 5) is 1.13. The van der Waals surface area contributed by atoms with Gasteiger partial charge in [0.1, 0.15) is 16.7 Å². The van der Waals surface area contributed by atoms with E-state index in [-0.39, 0.29) is 0 Å². The first kappa shape index (κ1) is 24.8. The molecule has 3 heterocycles. The van der Waals surface area contributed by atoms with E-state index in [1.54, 1.807) is 11.3 Å². The number of hydrogen-bond acceptors (Lipinski definition) is 3. The highest BCUT2D eigenvalue weighted by Crippen LogP contribution is 2.51. The zero-order chi connectivity index (χ0) is 29.5. The molecule has 0 fully saturated rings. The molecule has 0 bridgehead atoms. The zero-order valence-corrected chi connectivity index (χ0v) is 24.9. The summed E-state index contributed by atoms with van der Waals surface area (Å²) in [5.74, 6) is 0.920. The van der Waals surface area contributed by atoms with E-state index in [2.05, 4.69) is 140 Å². The lowest BCUT2D eigenvalue weighted by atomic mass is 9.84. The van der Waals surface area contributed by atoms with Gasteiger partial charge in [0.05, 0.1) is 4.88 Å². The molecule has 0 radical (unpaired) electrons. The highest BCUT2D eigenvalue weighted by Gasteiger charge is 2.25. The summed E-state index contributed by atoms with van der Waals surface area (Å²) in [5.41, 5.74) is 7.44. The summed E-state index contributed by atoms with van der Waals surface area (Å²) < 4.78 is 14.4. The van der Waals surface area contributed by atoms with Crippen LogP contribution < -0.4 is 0 Å². The van der Waals surface area contributed by atoms with Gasteiger partial charge >= 0.3 is 0 Å². The Morgan fingerprint density at radius 1 is 0.400 bits per heavy atom. The summed E-state index contributed by atoms with van der Waals surface area (Å²) >= 11 is 1.78. The first-order valence-corrected chi connectivity index (χ1v) is 16.0. The molecule has 10 aromatic rings. The molecule has 0 aliphatic carbocycles. The maximum Gasteiger partial charge on any atom is 0.153 e. The van der Waals surface area contributed by atoms with E-state index >= 15 is 0 Å². The fraction of sp³-hybridized carbons (Fsp3) is 0. The molecule has 0 aliphatic heterocycles. The predicted octanol–water partition coefficient (Wildman–Crippen LogP) is 12.9. The Morgan fingerprint density at radius 3 is 1.67 bits per heavy atom. The summed E-state index contributed by atoms with van der Waals surface area (Å²) in [6, 6.07) is 51.7. The summed E-state index contributed by atoms with van der Waals surface area (Å²) in [5, 5.41) is 9.44. The number of fused-ring (bicyclic) bond motifs is 7. The van der Waals surface area contributed by atoms with Crippen molar-refractivity contribution in [2.45, 2.75) is 0 Å². The van der Waals surface area contributed by atoms with Gasteiger partial charge in [0.2, 0.25) is 0 Å². The maximum absolute atomic E-state index is 6.78. The van der Waals surface area contributed by atoms with Crippen molar-refractivity contribution in [2.75, 3.05) is 0 Å². The summed E-state index contributed by atoms with van der Waals surface area (Å²) in [6.07, 6.45) is 0. The number of para-hydroxylation sites is 2. The molecule has 0 N–H and O–H groups in total. The van der Waals surface area contributed by atoms with Gasteiger partial charge in [0.15, 0.2) is 5.76 Å². The van der Waals surface area contributed by atoms with Crippen LogP contribution in [0.2, 0.25) is 0 Å². The van der Waals surface area contributed by atoms with Crippen molar-refractivity contribution in [3.05, 3.63) is 146 Å². The van der Waals surface area contributed by atoms with Crippen molar-refractivity contribution in [1.29, 1.82) is 0 Å². The van der Waals surface area contributed by atoms with Crippen LogP contribution in [0.1, 0.15) is 0 Å². The van der Waals surface area contributed by atoms with E-state index in [9.17, 15) is 0 Å². The van der Waals surface area contributed by atoms with Crippen molar-refractivity contribution >= 4 is 75.9 Å². The standard InChI is InChI=1S/C42H24O2S/c1-10-23-36-25(12-1)24-37(45-36)42-41(31-18-7-9-21-34(31)44-42)40-28-15-4-2-13-26(28)38(27-14-3-5-16-29(27)40)32-19-11-22-35-39(32)30-17-6-8-20-33(30)43-35/h1-24H. The zero-order valence-electron chi connectivity index (χ0n) is 24.1. The third-order valence-corrected chi connectivity index (χ3v) is 10.2. The molecule has 3 aromatic heterocycles. The molecule has 0 saturated heterocycles. The van der Waals surface area contributed by atoms with Crippen LogP contribution in [0.15, 0.2) is 154 Å². The van der Waals surface area contributed by atoms with Crippen LogP contribution in [0.4, 0.5) is 0 Å². The highest BCUT2D eigenvalue weighted by atomic mass is 32.1. The van der Waals surface area contributed by atoms with Gasteiger partial charge in [-0.15, -0.1) is 11.3 Å². The van der Waals surface area contributed by atoms with Crippen molar-refractivity contribution < 1.29 is 8.83 Å². The molecule has 45 heavy (non-hydrogen) atoms. The second kappa shape index (κ2) is 9.43. The van der Waals surface area contributed by atoms with Gasteiger partial charge in [-0.2, -0.15) is 0 Å². The Bertz CT molecular complexity index is 2680. The third kappa shape index (κ3) is 3.56. The third-order valence-electron chi connectivity index (χ3n) is 9.10. The van der Waals surface area contributed by atoms with Crippen molar-refractivity contribution in [3.63, 3.8) is 0 Å². The average molecular weight is 593 g/mol. The van der Waals surface area contributed by atoms with Crippen molar-refractivity contribution in [1.82, 2.24) is 0 Å². The molecule has 3 heteroatoms. The van der Waals surface area contributed by atoms with Crippen LogP contribution in [0, 0.1) is 0 Å². The second-order valence-electron chi connectivity index (χ2n) is 11.6. The Kier molecular flexibility index (Phi) is 5.19. The number of benzene rings is 7. The molecular weight excluding hydrogens is 569 g/mol. The van der Waals surface area contributed by atoms with Crippen LogP contribution in [-0.2, 0) is 0 Å². The van der Waals surface area contributed by atoms with Gasteiger partial charge in [-0.3, -0.25) is 0 Å². The number of thiophene rings is 1. The lowest BCUT2D eigenvalue weighted by Gasteiger charge is -2.18. The average Bonchev–Trinajstić information content (AvgIpc) is 3.80. The number of hydrogen-bond donors (Lipinski definition) is 0. The summed E-state index contributed by atoms with van der Waals surface area (Å²) in [6.45, 7) is 0. The fourth-order valence-corrected chi connectivity index (χ4v) is 8.28. The van der Waals surface area contributed by atoms with Gasteiger partial charge in [0, 0.05) is 32.0 Å². The van der Waals surface area contributed by atoms with Crippen LogP contribution in [0.3, 0.4) is 0 Å². The Morgan fingerprint density at radius 2 is 0.956 bits per heavy atom. The van der Waals surface area contributed by atoms with Crippen LogP contribution in [0.25, 0.3) is 97.4 Å². The Hall–Kier alpha value is -5.64. The summed E-state index contributed by atoms with van der Waals surface area (Å²) in [7, 11) is 0. The minimum Gasteiger partial charge on any atom is -0.456 e. The number of rotatable bonds is 3. The first-order chi connectivity index (χ1) is 22.3. The topological polar surface area (TPSA) is 26.3 Å². The molecule has 0 saturated carbocycles. The first-order valence-electron chi connectivity index (χ1n) is 15.2. The monoisotopic (exact) mass is 592 g/mol.